The van der Waals surface area contributed by atoms with E-state index in [0.29, 0.717) is 0 Å². The minimum absolute atomic E-state index is 0.0424. The molecular weight excluding hydrogens is 300 g/mol. The van der Waals surface area contributed by atoms with Gasteiger partial charge in [-0.1, -0.05) is 0 Å². The summed E-state index contributed by atoms with van der Waals surface area (Å²) in [6.45, 7) is -0.456. The number of rotatable bonds is 5. The van der Waals surface area contributed by atoms with Crippen molar-refractivity contribution in [3.8, 4) is 5.75 Å². The summed E-state index contributed by atoms with van der Waals surface area (Å²) in [5.74, 6) is -8.28. The van der Waals surface area contributed by atoms with Crippen LogP contribution < -0.4 is 4.74 Å². The molecule has 0 fully saturated rings. The zero-order chi connectivity index (χ0) is 13.9. The van der Waals surface area contributed by atoms with Crippen LogP contribution in [0.2, 0.25) is 0 Å². The molecule has 0 radical (unpaired) electrons. The lowest BCUT2D eigenvalue weighted by Crippen LogP contribution is -2.08. The van der Waals surface area contributed by atoms with Crippen LogP contribution in [0.5, 0.6) is 5.75 Å². The normalized spacial score (nSPS) is 11.6. The average Bonchev–Trinajstić information content (AvgIpc) is 2.24. The molecule has 9 heteroatoms. The number of benzene rings is 1. The van der Waals surface area contributed by atoms with Crippen molar-refractivity contribution in [2.75, 3.05) is 12.4 Å². The quantitative estimate of drug-likeness (QED) is 0.363. The van der Waals surface area contributed by atoms with E-state index >= 15 is 0 Å². The van der Waals surface area contributed by atoms with Crippen LogP contribution in [0.1, 0.15) is 6.42 Å². The van der Waals surface area contributed by atoms with E-state index in [1.165, 1.54) is 0 Å². The summed E-state index contributed by atoms with van der Waals surface area (Å²) in [5.41, 5.74) is 0. The summed E-state index contributed by atoms with van der Waals surface area (Å²) in [6, 6.07) is 0.0424. The Hall–Kier alpha value is -1.02. The van der Waals surface area contributed by atoms with Gasteiger partial charge in [-0.2, -0.15) is 8.78 Å². The van der Waals surface area contributed by atoms with Gasteiger partial charge in [-0.3, -0.25) is 0 Å². The Morgan fingerprint density at radius 1 is 1.11 bits per heavy atom. The molecule has 0 bridgehead atoms. The number of hydrogen-bond donors (Lipinski definition) is 0. The maximum Gasteiger partial charge on any atom is 0.232 e. The summed E-state index contributed by atoms with van der Waals surface area (Å²) in [4.78, 5) is 0. The fraction of sp³-hybridized carbons (Fsp3) is 0.333. The van der Waals surface area contributed by atoms with Gasteiger partial charge in [0.1, 0.15) is 0 Å². The highest BCUT2D eigenvalue weighted by molar-refractivity contribution is 8.13. The molecule has 0 N–H and O–H groups in total. The molecule has 1 aromatic carbocycles. The van der Waals surface area contributed by atoms with Crippen LogP contribution in [-0.4, -0.2) is 20.8 Å². The molecule has 1 aromatic rings. The smallest absolute Gasteiger partial charge is 0.232 e. The molecule has 18 heavy (non-hydrogen) atoms. The maximum atomic E-state index is 13.1. The first-order valence-electron chi connectivity index (χ1n) is 4.60. The predicted octanol–water partition coefficient (Wildman–Crippen LogP) is 2.58. The molecule has 0 spiro atoms. The summed E-state index contributed by atoms with van der Waals surface area (Å²) in [5, 5.41) is 0. The highest BCUT2D eigenvalue weighted by atomic mass is 35.7. The monoisotopic (exact) mass is 306 g/mol. The van der Waals surface area contributed by atoms with E-state index in [9.17, 15) is 26.0 Å². The second-order valence-electron chi connectivity index (χ2n) is 3.24. The first-order valence-corrected chi connectivity index (χ1v) is 7.08. The lowest BCUT2D eigenvalue weighted by molar-refractivity contribution is 0.272. The molecule has 1 rings (SSSR count). The van der Waals surface area contributed by atoms with Gasteiger partial charge in [0.25, 0.3) is 0 Å². The third-order valence-electron chi connectivity index (χ3n) is 1.85. The van der Waals surface area contributed by atoms with E-state index in [-0.39, 0.29) is 12.5 Å². The minimum atomic E-state index is -3.76. The molecule has 0 unspecified atom stereocenters. The highest BCUT2D eigenvalue weighted by Crippen LogP contribution is 2.26. The van der Waals surface area contributed by atoms with Gasteiger partial charge >= 0.3 is 0 Å². The van der Waals surface area contributed by atoms with E-state index in [1.54, 1.807) is 0 Å². The maximum absolute atomic E-state index is 13.1. The van der Waals surface area contributed by atoms with E-state index < -0.39 is 50.4 Å². The Bertz CT molecular complexity index is 521. The molecule has 0 aromatic heterocycles. The lowest BCUT2D eigenvalue weighted by atomic mass is 10.3. The zero-order valence-corrected chi connectivity index (χ0v) is 10.3. The molecule has 3 nitrogen and oxygen atoms in total. The van der Waals surface area contributed by atoms with Gasteiger partial charge < -0.3 is 4.74 Å². The number of hydrogen-bond acceptors (Lipinski definition) is 3. The number of ether oxygens (including phenoxy) is 1. The van der Waals surface area contributed by atoms with E-state index in [0.717, 1.165) is 0 Å². The van der Waals surface area contributed by atoms with Gasteiger partial charge in [0.15, 0.2) is 17.4 Å². The van der Waals surface area contributed by atoms with Crippen molar-refractivity contribution in [1.82, 2.24) is 0 Å². The molecule has 0 aliphatic heterocycles. The van der Waals surface area contributed by atoms with Crippen molar-refractivity contribution >= 4 is 19.7 Å². The molecular formula is C9H7ClF4O3S. The van der Waals surface area contributed by atoms with Gasteiger partial charge in [-0.15, -0.1) is 0 Å². The number of halogens is 5. The Labute approximate surface area is 105 Å². The third-order valence-corrected chi connectivity index (χ3v) is 3.09. The summed E-state index contributed by atoms with van der Waals surface area (Å²) >= 11 is 0. The summed E-state index contributed by atoms with van der Waals surface area (Å²) in [6.07, 6.45) is -0.178. The van der Waals surface area contributed by atoms with Crippen molar-refractivity contribution in [2.24, 2.45) is 0 Å². The predicted molar refractivity (Wildman–Crippen MR) is 56.0 cm³/mol. The van der Waals surface area contributed by atoms with Crippen molar-refractivity contribution < 1.29 is 30.7 Å². The molecule has 102 valence electrons. The van der Waals surface area contributed by atoms with E-state index in [4.69, 9.17) is 10.7 Å². The minimum Gasteiger partial charge on any atom is -0.487 e. The molecule has 0 atom stereocenters. The van der Waals surface area contributed by atoms with E-state index in [2.05, 4.69) is 4.74 Å². The van der Waals surface area contributed by atoms with Gasteiger partial charge in [0.2, 0.25) is 20.7 Å². The highest BCUT2D eigenvalue weighted by Gasteiger charge is 2.20. The van der Waals surface area contributed by atoms with Gasteiger partial charge in [-0.05, 0) is 6.42 Å². The van der Waals surface area contributed by atoms with Crippen molar-refractivity contribution in [2.45, 2.75) is 6.42 Å². The van der Waals surface area contributed by atoms with Crippen LogP contribution in [0, 0.1) is 23.3 Å². The summed E-state index contributed by atoms with van der Waals surface area (Å²) in [7, 11) is 1.12. The fourth-order valence-electron chi connectivity index (χ4n) is 1.08. The van der Waals surface area contributed by atoms with Crippen molar-refractivity contribution in [3.63, 3.8) is 0 Å². The van der Waals surface area contributed by atoms with Gasteiger partial charge in [0, 0.05) is 16.7 Å². The molecule has 0 saturated heterocycles. The SMILES string of the molecule is O=S(=O)(Cl)CCCOc1c(F)c(F)cc(F)c1F. The van der Waals surface area contributed by atoms with Crippen LogP contribution in [-0.2, 0) is 9.05 Å². The molecule has 0 aliphatic carbocycles. The Balaban J connectivity index is 2.74. The molecule has 0 heterocycles. The first-order chi connectivity index (χ1) is 8.22. The van der Waals surface area contributed by atoms with Gasteiger partial charge in [-0.25, -0.2) is 17.2 Å². The van der Waals surface area contributed by atoms with Crippen LogP contribution in [0.4, 0.5) is 17.6 Å². The third kappa shape index (κ3) is 4.02. The second kappa shape index (κ2) is 5.75. The average molecular weight is 307 g/mol. The van der Waals surface area contributed by atoms with Crippen LogP contribution in [0.25, 0.3) is 0 Å². The zero-order valence-electron chi connectivity index (χ0n) is 8.72. The van der Waals surface area contributed by atoms with Crippen molar-refractivity contribution in [3.05, 3.63) is 29.3 Å². The van der Waals surface area contributed by atoms with Crippen LogP contribution in [0.3, 0.4) is 0 Å². The standard InChI is InChI=1S/C9H7ClF4O3S/c10-18(15,16)3-1-2-17-9-7(13)5(11)4-6(12)8(9)14/h4H,1-3H2. The van der Waals surface area contributed by atoms with Crippen molar-refractivity contribution in [1.29, 1.82) is 0 Å². The largest absolute Gasteiger partial charge is 0.487 e. The summed E-state index contributed by atoms with van der Waals surface area (Å²) < 4.78 is 77.1. The lowest BCUT2D eigenvalue weighted by Gasteiger charge is -2.08. The van der Waals surface area contributed by atoms with Crippen LogP contribution >= 0.6 is 10.7 Å². The topological polar surface area (TPSA) is 43.4 Å². The molecule has 0 saturated carbocycles. The Morgan fingerprint density at radius 3 is 2.06 bits per heavy atom. The molecule has 0 amide bonds. The van der Waals surface area contributed by atoms with E-state index in [1.807, 2.05) is 0 Å². The molecule has 0 aliphatic rings. The second-order valence-corrected chi connectivity index (χ2v) is 6.14. The Kier molecular flexibility index (Phi) is 4.80. The first kappa shape index (κ1) is 15.0. The van der Waals surface area contributed by atoms with Crippen LogP contribution in [0.15, 0.2) is 6.07 Å². The fourth-order valence-corrected chi connectivity index (χ4v) is 1.87. The Morgan fingerprint density at radius 2 is 1.61 bits per heavy atom. The van der Waals surface area contributed by atoms with Gasteiger partial charge in [0.05, 0.1) is 12.4 Å².